The third-order valence-corrected chi connectivity index (χ3v) is 3.21. The van der Waals surface area contributed by atoms with Crippen molar-refractivity contribution in [3.05, 3.63) is 77.7 Å². The second-order valence-corrected chi connectivity index (χ2v) is 4.52. The van der Waals surface area contributed by atoms with Crippen molar-refractivity contribution in [1.29, 1.82) is 0 Å². The summed E-state index contributed by atoms with van der Waals surface area (Å²) in [7, 11) is 0. The van der Waals surface area contributed by atoms with Gasteiger partial charge in [-0.2, -0.15) is 5.10 Å². The van der Waals surface area contributed by atoms with Gasteiger partial charge in [0.1, 0.15) is 11.9 Å². The van der Waals surface area contributed by atoms with Crippen LogP contribution in [0.3, 0.4) is 0 Å². The number of aliphatic hydroxyl groups is 1. The number of benzene rings is 2. The molecule has 0 amide bonds. The smallest absolute Gasteiger partial charge is 0.123 e. The van der Waals surface area contributed by atoms with Crippen LogP contribution in [0, 0.1) is 5.82 Å². The van der Waals surface area contributed by atoms with Gasteiger partial charge in [0.25, 0.3) is 0 Å². The van der Waals surface area contributed by atoms with Gasteiger partial charge in [-0.05, 0) is 23.3 Å². The molecule has 100 valence electrons. The summed E-state index contributed by atoms with van der Waals surface area (Å²) < 4.78 is 12.9. The van der Waals surface area contributed by atoms with Crippen LogP contribution in [0.4, 0.5) is 4.39 Å². The SMILES string of the molecule is OC(c1ccc(F)cc1)c1cn[nH]c1-c1ccccc1. The molecule has 3 rings (SSSR count). The molecule has 1 unspecified atom stereocenters. The van der Waals surface area contributed by atoms with Gasteiger partial charge in [0.05, 0.1) is 11.9 Å². The zero-order valence-corrected chi connectivity index (χ0v) is 10.6. The highest BCUT2D eigenvalue weighted by atomic mass is 19.1. The van der Waals surface area contributed by atoms with Crippen LogP contribution < -0.4 is 0 Å². The molecule has 0 aliphatic carbocycles. The van der Waals surface area contributed by atoms with Crippen LogP contribution in [-0.4, -0.2) is 15.3 Å². The molecule has 4 heteroatoms. The van der Waals surface area contributed by atoms with E-state index >= 15 is 0 Å². The largest absolute Gasteiger partial charge is 0.384 e. The second-order valence-electron chi connectivity index (χ2n) is 4.52. The third-order valence-electron chi connectivity index (χ3n) is 3.21. The third kappa shape index (κ3) is 2.33. The lowest BCUT2D eigenvalue weighted by molar-refractivity contribution is 0.221. The fourth-order valence-electron chi connectivity index (χ4n) is 2.16. The Hall–Kier alpha value is -2.46. The maximum Gasteiger partial charge on any atom is 0.123 e. The summed E-state index contributed by atoms with van der Waals surface area (Å²) >= 11 is 0. The topological polar surface area (TPSA) is 48.9 Å². The molecule has 0 aliphatic heterocycles. The van der Waals surface area contributed by atoms with Gasteiger partial charge in [-0.15, -0.1) is 0 Å². The van der Waals surface area contributed by atoms with Crippen LogP contribution >= 0.6 is 0 Å². The number of hydrogen-bond acceptors (Lipinski definition) is 2. The number of aromatic nitrogens is 2. The Morgan fingerprint density at radius 2 is 1.70 bits per heavy atom. The first kappa shape index (κ1) is 12.6. The number of halogens is 1. The minimum absolute atomic E-state index is 0.323. The van der Waals surface area contributed by atoms with Crippen molar-refractivity contribution in [2.45, 2.75) is 6.10 Å². The van der Waals surface area contributed by atoms with E-state index in [0.29, 0.717) is 11.1 Å². The number of aliphatic hydroxyl groups excluding tert-OH is 1. The molecule has 0 fully saturated rings. The van der Waals surface area contributed by atoms with Crippen LogP contribution in [0.25, 0.3) is 11.3 Å². The zero-order chi connectivity index (χ0) is 13.9. The number of nitrogens with zero attached hydrogens (tertiary/aromatic N) is 1. The summed E-state index contributed by atoms with van der Waals surface area (Å²) in [5, 5.41) is 17.3. The predicted octanol–water partition coefficient (Wildman–Crippen LogP) is 3.30. The molecule has 20 heavy (non-hydrogen) atoms. The predicted molar refractivity (Wildman–Crippen MR) is 74.5 cm³/mol. The van der Waals surface area contributed by atoms with Crippen LogP contribution in [0.15, 0.2) is 60.8 Å². The van der Waals surface area contributed by atoms with Crippen molar-refractivity contribution in [3.8, 4) is 11.3 Å². The van der Waals surface area contributed by atoms with E-state index in [1.54, 1.807) is 18.3 Å². The lowest BCUT2D eigenvalue weighted by atomic mass is 9.99. The molecule has 2 N–H and O–H groups in total. The fraction of sp³-hybridized carbons (Fsp3) is 0.0625. The molecule has 1 heterocycles. The van der Waals surface area contributed by atoms with E-state index in [1.165, 1.54) is 12.1 Å². The van der Waals surface area contributed by atoms with E-state index in [0.717, 1.165) is 11.3 Å². The standard InChI is InChI=1S/C16H13FN2O/c17-13-8-6-12(7-9-13)16(20)14-10-18-19-15(14)11-4-2-1-3-5-11/h1-10,16,20H,(H,18,19). The first-order valence-corrected chi connectivity index (χ1v) is 6.28. The Balaban J connectivity index is 1.99. The molecule has 3 nitrogen and oxygen atoms in total. The minimum Gasteiger partial charge on any atom is -0.384 e. The highest BCUT2D eigenvalue weighted by molar-refractivity contribution is 5.63. The Morgan fingerprint density at radius 3 is 2.40 bits per heavy atom. The van der Waals surface area contributed by atoms with Gasteiger partial charge in [0, 0.05) is 5.56 Å². The molecule has 2 aromatic carbocycles. The zero-order valence-electron chi connectivity index (χ0n) is 10.6. The second kappa shape index (κ2) is 5.27. The fourth-order valence-corrected chi connectivity index (χ4v) is 2.16. The Morgan fingerprint density at radius 1 is 1.00 bits per heavy atom. The lowest BCUT2D eigenvalue weighted by Crippen LogP contribution is -2.00. The first-order valence-electron chi connectivity index (χ1n) is 6.28. The summed E-state index contributed by atoms with van der Waals surface area (Å²) in [6.07, 6.45) is 0.751. The maximum atomic E-state index is 12.9. The number of hydrogen-bond donors (Lipinski definition) is 2. The Labute approximate surface area is 115 Å². The van der Waals surface area contributed by atoms with Crippen molar-refractivity contribution < 1.29 is 9.50 Å². The molecular formula is C16H13FN2O. The molecule has 0 bridgehead atoms. The van der Waals surface area contributed by atoms with Crippen molar-refractivity contribution in [2.75, 3.05) is 0 Å². The van der Waals surface area contributed by atoms with E-state index < -0.39 is 6.10 Å². The lowest BCUT2D eigenvalue weighted by Gasteiger charge is -2.11. The van der Waals surface area contributed by atoms with Crippen LogP contribution in [0.2, 0.25) is 0 Å². The molecule has 0 spiro atoms. The highest BCUT2D eigenvalue weighted by Gasteiger charge is 2.17. The molecule has 3 aromatic rings. The van der Waals surface area contributed by atoms with Crippen LogP contribution in [0.5, 0.6) is 0 Å². The van der Waals surface area contributed by atoms with Gasteiger partial charge in [-0.3, -0.25) is 5.10 Å². The van der Waals surface area contributed by atoms with E-state index in [4.69, 9.17) is 0 Å². The van der Waals surface area contributed by atoms with Gasteiger partial charge in [-0.25, -0.2) is 4.39 Å². The van der Waals surface area contributed by atoms with E-state index in [2.05, 4.69) is 10.2 Å². The summed E-state index contributed by atoms with van der Waals surface area (Å²) in [4.78, 5) is 0. The van der Waals surface area contributed by atoms with Crippen molar-refractivity contribution in [1.82, 2.24) is 10.2 Å². The molecule has 0 saturated heterocycles. The van der Waals surface area contributed by atoms with Crippen molar-refractivity contribution >= 4 is 0 Å². The molecule has 1 aromatic heterocycles. The van der Waals surface area contributed by atoms with Crippen molar-refractivity contribution in [2.24, 2.45) is 0 Å². The van der Waals surface area contributed by atoms with Gasteiger partial charge in [0.2, 0.25) is 0 Å². The molecular weight excluding hydrogens is 255 g/mol. The maximum absolute atomic E-state index is 12.9. The van der Waals surface area contributed by atoms with E-state index in [-0.39, 0.29) is 5.82 Å². The van der Waals surface area contributed by atoms with Crippen LogP contribution in [0.1, 0.15) is 17.2 Å². The highest BCUT2D eigenvalue weighted by Crippen LogP contribution is 2.29. The van der Waals surface area contributed by atoms with Gasteiger partial charge < -0.3 is 5.11 Å². The van der Waals surface area contributed by atoms with Gasteiger partial charge in [0.15, 0.2) is 0 Å². The molecule has 0 radical (unpaired) electrons. The van der Waals surface area contributed by atoms with E-state index in [9.17, 15) is 9.50 Å². The average molecular weight is 268 g/mol. The Bertz CT molecular complexity index is 692. The quantitative estimate of drug-likeness (QED) is 0.765. The van der Waals surface area contributed by atoms with Gasteiger partial charge in [-0.1, -0.05) is 42.5 Å². The summed E-state index contributed by atoms with van der Waals surface area (Å²) in [5.41, 5.74) is 3.01. The minimum atomic E-state index is -0.843. The summed E-state index contributed by atoms with van der Waals surface area (Å²) in [6.45, 7) is 0. The summed E-state index contributed by atoms with van der Waals surface area (Å²) in [6, 6.07) is 15.5. The number of rotatable bonds is 3. The number of nitrogens with one attached hydrogen (secondary N) is 1. The average Bonchev–Trinajstić information content (AvgIpc) is 2.97. The normalized spacial score (nSPS) is 12.3. The molecule has 0 aliphatic rings. The van der Waals surface area contributed by atoms with Gasteiger partial charge >= 0.3 is 0 Å². The van der Waals surface area contributed by atoms with E-state index in [1.807, 2.05) is 30.3 Å². The van der Waals surface area contributed by atoms with Crippen LogP contribution in [-0.2, 0) is 0 Å². The molecule has 1 atom stereocenters. The first-order chi connectivity index (χ1) is 9.75. The van der Waals surface area contributed by atoms with Crippen molar-refractivity contribution in [3.63, 3.8) is 0 Å². The number of H-pyrrole nitrogens is 1. The Kier molecular flexibility index (Phi) is 3.31. The molecule has 0 saturated carbocycles. The number of aromatic amines is 1. The monoisotopic (exact) mass is 268 g/mol. The summed E-state index contributed by atoms with van der Waals surface area (Å²) in [5.74, 6) is -0.323.